The number of nitrogens with zero attached hydrogens (tertiary/aromatic N) is 4. The van der Waals surface area contributed by atoms with Crippen molar-refractivity contribution in [3.63, 3.8) is 0 Å². The third-order valence-electron chi connectivity index (χ3n) is 3.74. The lowest BCUT2D eigenvalue weighted by Gasteiger charge is -2.12. The predicted molar refractivity (Wildman–Crippen MR) is 88.6 cm³/mol. The Hall–Kier alpha value is -2.42. The lowest BCUT2D eigenvalue weighted by Crippen LogP contribution is -2.31. The van der Waals surface area contributed by atoms with E-state index < -0.39 is 4.92 Å². The summed E-state index contributed by atoms with van der Waals surface area (Å²) in [5.74, 6) is 0.655. The fourth-order valence-corrected chi connectivity index (χ4v) is 3.16. The Morgan fingerprint density at radius 2 is 2.17 bits per heavy atom. The molecule has 1 aliphatic carbocycles. The molecule has 1 aromatic heterocycles. The summed E-state index contributed by atoms with van der Waals surface area (Å²) in [6.07, 6.45) is 3.96. The van der Waals surface area contributed by atoms with Crippen LogP contribution in [0.15, 0.2) is 35.5 Å². The van der Waals surface area contributed by atoms with Gasteiger partial charge in [-0.3, -0.25) is 14.9 Å². The minimum Gasteiger partial charge on any atom is -0.348 e. The number of hydrogen-bond acceptors (Lipinski definition) is 6. The molecule has 1 atom stereocenters. The number of benzene rings is 1. The fraction of sp³-hybridized carbons (Fsp3) is 0.400. The summed E-state index contributed by atoms with van der Waals surface area (Å²) in [4.78, 5) is 23.2. The summed E-state index contributed by atoms with van der Waals surface area (Å²) in [5.41, 5.74) is 0.0378. The van der Waals surface area contributed by atoms with Crippen LogP contribution in [0.5, 0.6) is 0 Å². The van der Waals surface area contributed by atoms with Crippen LogP contribution in [0.2, 0.25) is 0 Å². The van der Waals surface area contributed by atoms with Gasteiger partial charge in [-0.15, -0.1) is 22.0 Å². The zero-order valence-corrected chi connectivity index (χ0v) is 13.9. The molecule has 0 unspecified atom stereocenters. The highest BCUT2D eigenvalue weighted by molar-refractivity contribution is 8.00. The summed E-state index contributed by atoms with van der Waals surface area (Å²) >= 11 is 1.35. The molecule has 0 aliphatic heterocycles. The molecule has 1 aromatic carbocycles. The van der Waals surface area contributed by atoms with Crippen molar-refractivity contribution in [1.82, 2.24) is 20.1 Å². The molecule has 1 aliphatic rings. The number of non-ortho nitro benzene ring substituents is 1. The maximum atomic E-state index is 12.2. The van der Waals surface area contributed by atoms with Crippen LogP contribution in [0.3, 0.4) is 0 Å². The second-order valence-corrected chi connectivity index (χ2v) is 7.03. The van der Waals surface area contributed by atoms with Crippen molar-refractivity contribution in [2.45, 2.75) is 42.5 Å². The molecule has 1 fully saturated rings. The highest BCUT2D eigenvalue weighted by Gasteiger charge is 2.26. The molecule has 0 radical (unpaired) electrons. The van der Waals surface area contributed by atoms with Crippen LogP contribution in [-0.2, 0) is 11.3 Å². The second-order valence-electron chi connectivity index (χ2n) is 5.61. The van der Waals surface area contributed by atoms with Crippen molar-refractivity contribution in [3.8, 4) is 0 Å². The number of carbonyl (C=O) groups is 1. The molecule has 9 heteroatoms. The number of nitrogens with one attached hydrogen (secondary N) is 1. The van der Waals surface area contributed by atoms with E-state index in [1.165, 1.54) is 23.9 Å². The van der Waals surface area contributed by atoms with Gasteiger partial charge in [-0.1, -0.05) is 0 Å². The van der Waals surface area contributed by atoms with Crippen molar-refractivity contribution in [2.75, 3.05) is 0 Å². The van der Waals surface area contributed by atoms with Crippen LogP contribution in [0.1, 0.15) is 31.6 Å². The SMILES string of the molecule is C[C@H](Sc1ccc([N+](=O)[O-])cc1)C(=O)NCc1nncn1C1CC1. The smallest absolute Gasteiger partial charge is 0.269 e. The molecule has 0 spiro atoms. The van der Waals surface area contributed by atoms with Gasteiger partial charge in [-0.25, -0.2) is 0 Å². The fourth-order valence-electron chi connectivity index (χ4n) is 2.26. The quantitative estimate of drug-likeness (QED) is 0.468. The third-order valence-corrected chi connectivity index (χ3v) is 4.85. The molecule has 8 nitrogen and oxygen atoms in total. The van der Waals surface area contributed by atoms with Crippen LogP contribution < -0.4 is 5.32 Å². The number of aromatic nitrogens is 3. The molecule has 1 N–H and O–H groups in total. The van der Waals surface area contributed by atoms with E-state index in [0.717, 1.165) is 23.6 Å². The molecule has 1 saturated carbocycles. The van der Waals surface area contributed by atoms with E-state index in [1.807, 2.05) is 4.57 Å². The Kier molecular flexibility index (Phi) is 4.79. The van der Waals surface area contributed by atoms with Crippen molar-refractivity contribution < 1.29 is 9.72 Å². The van der Waals surface area contributed by atoms with Gasteiger partial charge in [0, 0.05) is 23.1 Å². The monoisotopic (exact) mass is 347 g/mol. The number of rotatable bonds is 7. The molecule has 1 heterocycles. The first kappa shape index (κ1) is 16.4. The topological polar surface area (TPSA) is 103 Å². The number of thioether (sulfide) groups is 1. The lowest BCUT2D eigenvalue weighted by atomic mass is 10.3. The number of hydrogen-bond donors (Lipinski definition) is 1. The van der Waals surface area contributed by atoms with Gasteiger partial charge in [0.15, 0.2) is 5.82 Å². The lowest BCUT2D eigenvalue weighted by molar-refractivity contribution is -0.384. The van der Waals surface area contributed by atoms with E-state index in [9.17, 15) is 14.9 Å². The Morgan fingerprint density at radius 3 is 2.79 bits per heavy atom. The molecular formula is C15H17N5O3S. The van der Waals surface area contributed by atoms with E-state index in [4.69, 9.17) is 0 Å². The van der Waals surface area contributed by atoms with Gasteiger partial charge in [0.25, 0.3) is 5.69 Å². The summed E-state index contributed by atoms with van der Waals surface area (Å²) in [6.45, 7) is 2.15. The van der Waals surface area contributed by atoms with Crippen molar-refractivity contribution >= 4 is 23.4 Å². The minimum absolute atomic E-state index is 0.0378. The normalized spacial score (nSPS) is 15.0. The van der Waals surface area contributed by atoms with Gasteiger partial charge in [-0.05, 0) is 31.9 Å². The molecule has 2 aromatic rings. The van der Waals surface area contributed by atoms with Gasteiger partial charge < -0.3 is 9.88 Å². The van der Waals surface area contributed by atoms with E-state index in [0.29, 0.717) is 12.6 Å². The Bertz CT molecular complexity index is 742. The van der Waals surface area contributed by atoms with Crippen LogP contribution in [0, 0.1) is 10.1 Å². The standard InChI is InChI=1S/C15H17N5O3S/c1-10(24-13-6-4-12(5-7-13)20(22)23)15(21)16-8-14-18-17-9-19(14)11-2-3-11/h4-7,9-11H,2-3,8H2,1H3,(H,16,21)/t10-/m0/s1. The first-order valence-corrected chi connectivity index (χ1v) is 8.50. The Labute approximate surface area is 142 Å². The Balaban J connectivity index is 1.52. The zero-order valence-electron chi connectivity index (χ0n) is 13.1. The van der Waals surface area contributed by atoms with Gasteiger partial charge in [0.05, 0.1) is 16.7 Å². The molecule has 3 rings (SSSR count). The summed E-state index contributed by atoms with van der Waals surface area (Å²) in [7, 11) is 0. The maximum absolute atomic E-state index is 12.2. The average Bonchev–Trinajstić information content (AvgIpc) is 3.31. The van der Waals surface area contributed by atoms with Crippen LogP contribution in [-0.4, -0.2) is 30.8 Å². The Morgan fingerprint density at radius 1 is 1.46 bits per heavy atom. The summed E-state index contributed by atoms with van der Waals surface area (Å²) in [5, 5.41) is 21.1. The maximum Gasteiger partial charge on any atom is 0.269 e. The van der Waals surface area contributed by atoms with Crippen LogP contribution in [0.4, 0.5) is 5.69 Å². The van der Waals surface area contributed by atoms with E-state index >= 15 is 0 Å². The zero-order chi connectivity index (χ0) is 17.1. The molecule has 0 saturated heterocycles. The van der Waals surface area contributed by atoms with E-state index in [1.54, 1.807) is 25.4 Å². The first-order chi connectivity index (χ1) is 11.5. The van der Waals surface area contributed by atoms with Crippen LogP contribution >= 0.6 is 11.8 Å². The van der Waals surface area contributed by atoms with Crippen molar-refractivity contribution in [3.05, 3.63) is 46.5 Å². The van der Waals surface area contributed by atoms with Gasteiger partial charge in [-0.2, -0.15) is 0 Å². The van der Waals surface area contributed by atoms with Crippen molar-refractivity contribution in [2.24, 2.45) is 0 Å². The van der Waals surface area contributed by atoms with Crippen LogP contribution in [0.25, 0.3) is 0 Å². The van der Waals surface area contributed by atoms with E-state index in [-0.39, 0.29) is 16.8 Å². The molecular weight excluding hydrogens is 330 g/mol. The van der Waals surface area contributed by atoms with Gasteiger partial charge in [0.2, 0.25) is 5.91 Å². The minimum atomic E-state index is -0.444. The number of carbonyl (C=O) groups excluding carboxylic acids is 1. The molecule has 1 amide bonds. The first-order valence-electron chi connectivity index (χ1n) is 7.62. The van der Waals surface area contributed by atoms with E-state index in [2.05, 4.69) is 15.5 Å². The second kappa shape index (κ2) is 7.00. The van der Waals surface area contributed by atoms with Gasteiger partial charge >= 0.3 is 0 Å². The molecule has 0 bridgehead atoms. The number of nitro benzene ring substituents is 1. The largest absolute Gasteiger partial charge is 0.348 e. The van der Waals surface area contributed by atoms with Gasteiger partial charge in [0.1, 0.15) is 6.33 Å². The number of amides is 1. The summed E-state index contributed by atoms with van der Waals surface area (Å²) < 4.78 is 2.01. The average molecular weight is 347 g/mol. The predicted octanol–water partition coefficient (Wildman–Crippen LogP) is 2.32. The highest BCUT2D eigenvalue weighted by Crippen LogP contribution is 2.35. The summed E-state index contributed by atoms with van der Waals surface area (Å²) in [6, 6.07) is 6.64. The molecule has 126 valence electrons. The number of nitro groups is 1. The highest BCUT2D eigenvalue weighted by atomic mass is 32.2. The third kappa shape index (κ3) is 3.91. The van der Waals surface area contributed by atoms with Crippen molar-refractivity contribution in [1.29, 1.82) is 0 Å². The molecule has 24 heavy (non-hydrogen) atoms.